The van der Waals surface area contributed by atoms with Crippen LogP contribution in [0.25, 0.3) is 0 Å². The maximum atomic E-state index is 11.7. The summed E-state index contributed by atoms with van der Waals surface area (Å²) in [4.78, 5) is 26.7. The van der Waals surface area contributed by atoms with E-state index >= 15 is 0 Å². The molecule has 0 saturated heterocycles. The first-order valence-electron chi connectivity index (χ1n) is 6.32. The number of carboxylic acids is 1. The number of nitrogens with two attached hydrogens (primary N) is 1. The molecule has 1 aliphatic heterocycles. The molecule has 0 fully saturated rings. The van der Waals surface area contributed by atoms with E-state index in [9.17, 15) is 14.9 Å². The highest BCUT2D eigenvalue weighted by Crippen LogP contribution is 2.40. The molecule has 2 rings (SSSR count). The summed E-state index contributed by atoms with van der Waals surface area (Å²) >= 11 is 0.957. The number of carbonyl (C=O) groups is 2. The highest BCUT2D eigenvalue weighted by Gasteiger charge is 2.39. The van der Waals surface area contributed by atoms with E-state index in [1.165, 1.54) is 6.26 Å². The highest BCUT2D eigenvalue weighted by molar-refractivity contribution is 8.14. The van der Waals surface area contributed by atoms with Crippen LogP contribution in [0.5, 0.6) is 0 Å². The number of furan rings is 1. The average Bonchev–Trinajstić information content (AvgIpc) is 2.97. The number of hydrogen-bond acceptors (Lipinski definition) is 6. The normalized spacial score (nSPS) is 21.2. The molecule has 114 valence electrons. The molecule has 0 radical (unpaired) electrons. The second kappa shape index (κ2) is 6.49. The first-order valence-corrected chi connectivity index (χ1v) is 7.31. The first-order chi connectivity index (χ1) is 10.5. The number of primary amides is 1. The van der Waals surface area contributed by atoms with E-state index in [4.69, 9.17) is 15.3 Å². The van der Waals surface area contributed by atoms with Crippen LogP contribution in [0.1, 0.15) is 18.6 Å². The number of thioether (sulfide) groups is 1. The van der Waals surface area contributed by atoms with Gasteiger partial charge < -0.3 is 15.3 Å². The fourth-order valence-electron chi connectivity index (χ4n) is 2.32. The number of nitrogens with zero attached hydrogens (tertiary/aromatic N) is 2. The van der Waals surface area contributed by atoms with E-state index < -0.39 is 23.7 Å². The number of aliphatic imine (C=N–C) groups is 1. The number of aliphatic carboxylic acids is 1. The van der Waals surface area contributed by atoms with Gasteiger partial charge in [-0.2, -0.15) is 5.26 Å². The van der Waals surface area contributed by atoms with Crippen LogP contribution in [0.3, 0.4) is 0 Å². The van der Waals surface area contributed by atoms with E-state index in [0.717, 1.165) is 11.8 Å². The van der Waals surface area contributed by atoms with Gasteiger partial charge in [-0.25, -0.2) is 4.99 Å². The first kappa shape index (κ1) is 15.9. The molecular formula is C14H13N3O4S. The van der Waals surface area contributed by atoms with Crippen molar-refractivity contribution >= 4 is 28.7 Å². The minimum atomic E-state index is -1.01. The van der Waals surface area contributed by atoms with Gasteiger partial charge in [0.15, 0.2) is 0 Å². The Hall–Kier alpha value is -2.53. The van der Waals surface area contributed by atoms with Gasteiger partial charge in [0.05, 0.1) is 34.6 Å². The lowest BCUT2D eigenvalue weighted by Gasteiger charge is -2.27. The molecular weight excluding hydrogens is 306 g/mol. The van der Waals surface area contributed by atoms with E-state index in [2.05, 4.69) is 11.1 Å². The molecule has 8 heteroatoms. The Balaban J connectivity index is 2.50. The van der Waals surface area contributed by atoms with Crippen LogP contribution in [0.15, 0.2) is 39.1 Å². The molecule has 0 bridgehead atoms. The third-order valence-electron chi connectivity index (χ3n) is 3.18. The average molecular weight is 319 g/mol. The van der Waals surface area contributed by atoms with Crippen molar-refractivity contribution in [3.05, 3.63) is 35.4 Å². The molecule has 1 aliphatic rings. The van der Waals surface area contributed by atoms with E-state index in [1.54, 1.807) is 19.1 Å². The van der Waals surface area contributed by atoms with E-state index in [0.29, 0.717) is 16.5 Å². The molecule has 1 aromatic rings. The molecule has 0 spiro atoms. The Morgan fingerprint density at radius 3 is 2.82 bits per heavy atom. The SMILES string of the molecule is CC1=C(C(N)=O)C(c2ccco2)C(C#N)C(SCC(=O)O)=N1. The van der Waals surface area contributed by atoms with Crippen LogP contribution in [0.2, 0.25) is 0 Å². The topological polar surface area (TPSA) is 130 Å². The van der Waals surface area contributed by atoms with E-state index in [1.807, 2.05) is 0 Å². The van der Waals surface area contributed by atoms with Gasteiger partial charge in [0.25, 0.3) is 0 Å². The lowest BCUT2D eigenvalue weighted by Crippen LogP contribution is -2.31. The van der Waals surface area contributed by atoms with Gasteiger partial charge >= 0.3 is 5.97 Å². The Labute approximate surface area is 130 Å². The summed E-state index contributed by atoms with van der Waals surface area (Å²) < 4.78 is 5.33. The third kappa shape index (κ3) is 3.04. The second-order valence-corrected chi connectivity index (χ2v) is 5.59. The zero-order valence-electron chi connectivity index (χ0n) is 11.6. The van der Waals surface area contributed by atoms with Gasteiger partial charge in [-0.15, -0.1) is 0 Å². The van der Waals surface area contributed by atoms with Crippen molar-refractivity contribution in [3.63, 3.8) is 0 Å². The summed E-state index contributed by atoms with van der Waals surface area (Å²) in [6, 6.07) is 5.37. The molecule has 0 saturated carbocycles. The second-order valence-electron chi connectivity index (χ2n) is 4.60. The summed E-state index contributed by atoms with van der Waals surface area (Å²) in [6.45, 7) is 1.60. The largest absolute Gasteiger partial charge is 0.481 e. The Kier molecular flexibility index (Phi) is 4.68. The van der Waals surface area contributed by atoms with Crippen LogP contribution in [-0.2, 0) is 9.59 Å². The van der Waals surface area contributed by atoms with Gasteiger partial charge in [-0.1, -0.05) is 11.8 Å². The van der Waals surface area contributed by atoms with Gasteiger partial charge in [0.1, 0.15) is 11.7 Å². The van der Waals surface area contributed by atoms with Crippen molar-refractivity contribution in [1.82, 2.24) is 0 Å². The van der Waals surface area contributed by atoms with Crippen molar-refractivity contribution in [3.8, 4) is 6.07 Å². The lowest BCUT2D eigenvalue weighted by molar-refractivity contribution is -0.133. The Morgan fingerprint density at radius 2 is 2.32 bits per heavy atom. The molecule has 1 aromatic heterocycles. The molecule has 7 nitrogen and oxygen atoms in total. The van der Waals surface area contributed by atoms with Gasteiger partial charge in [-0.05, 0) is 19.1 Å². The number of amides is 1. The quantitative estimate of drug-likeness (QED) is 0.864. The predicted octanol–water partition coefficient (Wildman–Crippen LogP) is 1.49. The fraction of sp³-hybridized carbons (Fsp3) is 0.286. The van der Waals surface area contributed by atoms with Crippen LogP contribution in [0.4, 0.5) is 0 Å². The van der Waals surface area contributed by atoms with Crippen molar-refractivity contribution in [1.29, 1.82) is 5.26 Å². The van der Waals surface area contributed by atoms with Gasteiger partial charge in [0.2, 0.25) is 5.91 Å². The number of hydrogen-bond donors (Lipinski definition) is 2. The number of nitriles is 1. The Bertz CT molecular complexity index is 700. The van der Waals surface area contributed by atoms with Crippen molar-refractivity contribution in [2.24, 2.45) is 16.6 Å². The molecule has 2 heterocycles. The van der Waals surface area contributed by atoms with Gasteiger partial charge in [-0.3, -0.25) is 9.59 Å². The zero-order valence-corrected chi connectivity index (χ0v) is 12.5. The van der Waals surface area contributed by atoms with Crippen LogP contribution in [-0.4, -0.2) is 27.8 Å². The summed E-state index contributed by atoms with van der Waals surface area (Å²) in [6.07, 6.45) is 1.44. The van der Waals surface area contributed by atoms with E-state index in [-0.39, 0.29) is 11.3 Å². The maximum absolute atomic E-state index is 11.7. The van der Waals surface area contributed by atoms with Crippen molar-refractivity contribution in [2.75, 3.05) is 5.75 Å². The molecule has 0 aliphatic carbocycles. The lowest BCUT2D eigenvalue weighted by atomic mass is 9.82. The van der Waals surface area contributed by atoms with Crippen molar-refractivity contribution in [2.45, 2.75) is 12.8 Å². The number of carboxylic acid groups (broad SMARTS) is 1. The molecule has 0 aromatic carbocycles. The van der Waals surface area contributed by atoms with Crippen LogP contribution >= 0.6 is 11.8 Å². The fourth-order valence-corrected chi connectivity index (χ4v) is 3.16. The molecule has 22 heavy (non-hydrogen) atoms. The monoisotopic (exact) mass is 319 g/mol. The van der Waals surface area contributed by atoms with Crippen LogP contribution in [0, 0.1) is 17.2 Å². The summed E-state index contributed by atoms with van der Waals surface area (Å²) in [5, 5.41) is 18.6. The minimum Gasteiger partial charge on any atom is -0.481 e. The predicted molar refractivity (Wildman–Crippen MR) is 80.0 cm³/mol. The number of rotatable bonds is 4. The molecule has 3 N–H and O–H groups in total. The number of carbonyl (C=O) groups excluding carboxylic acids is 1. The Morgan fingerprint density at radius 1 is 1.59 bits per heavy atom. The number of allylic oxidation sites excluding steroid dienone is 1. The summed E-state index contributed by atoms with van der Waals surface area (Å²) in [7, 11) is 0. The minimum absolute atomic E-state index is 0.209. The highest BCUT2D eigenvalue weighted by atomic mass is 32.2. The van der Waals surface area contributed by atoms with Crippen LogP contribution < -0.4 is 5.73 Å². The molecule has 2 unspecified atom stereocenters. The van der Waals surface area contributed by atoms with Gasteiger partial charge in [0, 0.05) is 5.70 Å². The summed E-state index contributed by atoms with van der Waals surface area (Å²) in [5.41, 5.74) is 6.00. The molecule has 1 amide bonds. The van der Waals surface area contributed by atoms with Crippen molar-refractivity contribution < 1.29 is 19.1 Å². The smallest absolute Gasteiger partial charge is 0.313 e. The maximum Gasteiger partial charge on any atom is 0.313 e. The summed E-state index contributed by atoms with van der Waals surface area (Å²) in [5.74, 6) is -3.00. The molecule has 2 atom stereocenters. The third-order valence-corrected chi connectivity index (χ3v) is 4.21. The standard InChI is InChI=1S/C14H13N3O4S/c1-7-11(13(16)20)12(9-3-2-4-21-9)8(5-15)14(17-7)22-6-10(18)19/h2-4,8,12H,6H2,1H3,(H2,16,20)(H,18,19). The zero-order chi connectivity index (χ0) is 16.3.